The lowest BCUT2D eigenvalue weighted by atomic mass is 10.9. The molecule has 0 heterocycles. The number of allylic oxidation sites excluding steroid dienone is 2. The van der Waals surface area contributed by atoms with Gasteiger partial charge in [-0.15, -0.1) is 0 Å². The maximum atomic E-state index is 2.12. The maximum absolute atomic E-state index is 2.12. The van der Waals surface area contributed by atoms with E-state index in [1.54, 1.807) is 0 Å². The molecule has 0 bridgehead atoms. The summed E-state index contributed by atoms with van der Waals surface area (Å²) in [6.45, 7) is 0. The van der Waals surface area contributed by atoms with Crippen molar-refractivity contribution < 1.29 is 0 Å². The van der Waals surface area contributed by atoms with E-state index in [1.165, 1.54) is 6.42 Å². The van der Waals surface area contributed by atoms with Crippen LogP contribution in [0.3, 0.4) is 0 Å². The molecule has 2 heteroatoms. The summed E-state index contributed by atoms with van der Waals surface area (Å²) in [6, 6.07) is 0. The Hall–Kier alpha value is 1.20. The van der Waals surface area contributed by atoms with Gasteiger partial charge >= 0.3 is 0 Å². The molecule has 0 atom stereocenters. The topological polar surface area (TPSA) is 0 Å². The molecule has 0 saturated heterocycles. The number of halogens is 2. The summed E-state index contributed by atoms with van der Waals surface area (Å²) >= 11 is 4.24. The average molecular weight is 294 g/mol. The molecule has 0 amide bonds. The zero-order valence-corrected chi connectivity index (χ0v) is 6.93. The SMILES string of the molecule is C1=CC1.II. The highest BCUT2D eigenvalue weighted by Crippen LogP contribution is 1.96. The first-order valence-electron chi connectivity index (χ1n) is 1.29. The molecule has 0 unspecified atom stereocenters. The van der Waals surface area contributed by atoms with Gasteiger partial charge in [0, 0.05) is 37.2 Å². The van der Waals surface area contributed by atoms with Crippen molar-refractivity contribution in [3.8, 4) is 0 Å². The van der Waals surface area contributed by atoms with Crippen molar-refractivity contribution in [2.45, 2.75) is 6.42 Å². The third-order valence-electron chi connectivity index (χ3n) is 0.236. The second kappa shape index (κ2) is 5.20. The normalized spacial score (nSPS) is 12.4. The Bertz CT molecular complexity index is 27.9. The van der Waals surface area contributed by atoms with Crippen LogP contribution in [0.5, 0.6) is 0 Å². The largest absolute Gasteiger partial charge is 0.0844 e. The lowest BCUT2D eigenvalue weighted by molar-refractivity contribution is 1.71. The third-order valence-corrected chi connectivity index (χ3v) is 0.236. The fourth-order valence-corrected chi connectivity index (χ4v) is 0. The van der Waals surface area contributed by atoms with Crippen LogP contribution in [-0.2, 0) is 0 Å². The summed E-state index contributed by atoms with van der Waals surface area (Å²) in [6.07, 6.45) is 5.50. The monoisotopic (exact) mass is 294 g/mol. The van der Waals surface area contributed by atoms with E-state index in [0.717, 1.165) is 0 Å². The van der Waals surface area contributed by atoms with Crippen LogP contribution in [0, 0.1) is 0 Å². The van der Waals surface area contributed by atoms with Gasteiger partial charge in [-0.05, 0) is 6.42 Å². The molecule has 1 aliphatic carbocycles. The van der Waals surface area contributed by atoms with Crippen LogP contribution < -0.4 is 0 Å². The van der Waals surface area contributed by atoms with Crippen LogP contribution >= 0.6 is 37.2 Å². The first kappa shape index (κ1) is 6.20. The average Bonchev–Trinajstić information content (AvgIpc) is 2.19. The van der Waals surface area contributed by atoms with Crippen LogP contribution in [0.25, 0.3) is 0 Å². The van der Waals surface area contributed by atoms with Gasteiger partial charge in [-0.2, -0.15) is 0 Å². The van der Waals surface area contributed by atoms with Gasteiger partial charge in [0.1, 0.15) is 0 Å². The van der Waals surface area contributed by atoms with Gasteiger partial charge in [-0.25, -0.2) is 0 Å². The molecule has 1 aliphatic rings. The van der Waals surface area contributed by atoms with Gasteiger partial charge in [0.25, 0.3) is 0 Å². The van der Waals surface area contributed by atoms with Crippen molar-refractivity contribution in [1.82, 2.24) is 0 Å². The van der Waals surface area contributed by atoms with Crippen LogP contribution in [0.15, 0.2) is 12.2 Å². The summed E-state index contributed by atoms with van der Waals surface area (Å²) < 4.78 is 0. The van der Waals surface area contributed by atoms with E-state index in [9.17, 15) is 0 Å². The van der Waals surface area contributed by atoms with Crippen molar-refractivity contribution in [3.05, 3.63) is 12.2 Å². The predicted octanol–water partition coefficient (Wildman–Crippen LogP) is 2.72. The van der Waals surface area contributed by atoms with E-state index in [2.05, 4.69) is 49.4 Å². The Morgan fingerprint density at radius 2 is 1.40 bits per heavy atom. The first-order valence-corrected chi connectivity index (χ1v) is 7.58. The molecule has 5 heavy (non-hydrogen) atoms. The summed E-state index contributed by atoms with van der Waals surface area (Å²) in [5, 5.41) is 0. The number of hydrogen-bond donors (Lipinski definition) is 0. The number of rotatable bonds is 0. The zero-order valence-electron chi connectivity index (χ0n) is 2.62. The second-order valence-electron chi connectivity index (χ2n) is 0.707. The Kier molecular flexibility index (Phi) is 6.45. The van der Waals surface area contributed by atoms with Crippen molar-refractivity contribution in [3.63, 3.8) is 0 Å². The minimum atomic E-state index is 1.25. The molecular formula is C3H4I2. The lowest BCUT2D eigenvalue weighted by Gasteiger charge is -1.15. The minimum absolute atomic E-state index is 1.25. The van der Waals surface area contributed by atoms with Gasteiger partial charge in [-0.1, -0.05) is 12.2 Å². The fraction of sp³-hybridized carbons (Fsp3) is 0.333. The van der Waals surface area contributed by atoms with Crippen molar-refractivity contribution in [2.24, 2.45) is 0 Å². The second-order valence-corrected chi connectivity index (χ2v) is 0.707. The molecule has 0 aliphatic heterocycles. The van der Waals surface area contributed by atoms with E-state index in [0.29, 0.717) is 0 Å². The highest BCUT2D eigenvalue weighted by molar-refractivity contribution is 15.0. The van der Waals surface area contributed by atoms with Crippen LogP contribution in [-0.4, -0.2) is 0 Å². The maximum Gasteiger partial charge on any atom is 0 e. The summed E-state index contributed by atoms with van der Waals surface area (Å²) in [7, 11) is 0. The van der Waals surface area contributed by atoms with E-state index in [4.69, 9.17) is 0 Å². The van der Waals surface area contributed by atoms with Crippen LogP contribution in [0.2, 0.25) is 0 Å². The Labute approximate surface area is 55.3 Å². The van der Waals surface area contributed by atoms with Gasteiger partial charge < -0.3 is 0 Å². The molecule has 0 aromatic carbocycles. The molecule has 0 nitrogen and oxygen atoms in total. The minimum Gasteiger partial charge on any atom is -0.0844 e. The van der Waals surface area contributed by atoms with Crippen molar-refractivity contribution >= 4 is 37.2 Å². The van der Waals surface area contributed by atoms with Crippen LogP contribution in [0.4, 0.5) is 0 Å². The van der Waals surface area contributed by atoms with E-state index >= 15 is 0 Å². The predicted molar refractivity (Wildman–Crippen MR) is 41.8 cm³/mol. The lowest BCUT2D eigenvalue weighted by Crippen LogP contribution is -0.956. The van der Waals surface area contributed by atoms with E-state index in [-0.39, 0.29) is 0 Å². The van der Waals surface area contributed by atoms with Gasteiger partial charge in [-0.3, -0.25) is 0 Å². The third kappa shape index (κ3) is 11.0. The first-order chi connectivity index (χ1) is 2.50. The van der Waals surface area contributed by atoms with Gasteiger partial charge in [0.15, 0.2) is 0 Å². The van der Waals surface area contributed by atoms with Crippen LogP contribution in [0.1, 0.15) is 6.42 Å². The molecule has 0 fully saturated rings. The van der Waals surface area contributed by atoms with Crippen molar-refractivity contribution in [1.29, 1.82) is 0 Å². The van der Waals surface area contributed by atoms with E-state index in [1.807, 2.05) is 0 Å². The quantitative estimate of drug-likeness (QED) is 0.476. The Morgan fingerprint density at radius 1 is 1.20 bits per heavy atom. The molecule has 0 N–H and O–H groups in total. The summed E-state index contributed by atoms with van der Waals surface area (Å²) in [5.41, 5.74) is 0. The molecule has 0 radical (unpaired) electrons. The molecule has 0 saturated carbocycles. The smallest absolute Gasteiger partial charge is 0 e. The molecule has 1 rings (SSSR count). The van der Waals surface area contributed by atoms with Crippen molar-refractivity contribution in [2.75, 3.05) is 0 Å². The molecule has 0 aromatic heterocycles. The van der Waals surface area contributed by atoms with E-state index < -0.39 is 0 Å². The molecule has 0 aromatic rings. The highest BCUT2D eigenvalue weighted by atomic mass is 128. The van der Waals surface area contributed by atoms with Gasteiger partial charge in [0.2, 0.25) is 0 Å². The molecule has 30 valence electrons. The highest BCUT2D eigenvalue weighted by Gasteiger charge is 1.75. The zero-order chi connectivity index (χ0) is 4.12. The Morgan fingerprint density at radius 3 is 1.40 bits per heavy atom. The summed E-state index contributed by atoms with van der Waals surface area (Å²) in [4.78, 5) is 0. The van der Waals surface area contributed by atoms with Gasteiger partial charge in [0.05, 0.1) is 0 Å². The number of hydrogen-bond acceptors (Lipinski definition) is 0. The summed E-state index contributed by atoms with van der Waals surface area (Å²) in [5.74, 6) is 0. The molecule has 0 spiro atoms. The fourth-order valence-electron chi connectivity index (χ4n) is 0. The standard InChI is InChI=1S/C3H4.I2/c1-2-3-1;1-2/h1-2H,3H2;. The Balaban J connectivity index is 0.0000000733. The molecular weight excluding hydrogens is 290 g/mol.